The van der Waals surface area contributed by atoms with Crippen LogP contribution in [0.4, 0.5) is 0 Å². The van der Waals surface area contributed by atoms with Crippen LogP contribution in [-0.4, -0.2) is 49.8 Å². The van der Waals surface area contributed by atoms with E-state index < -0.39 is 10.0 Å². The molecule has 0 radical (unpaired) electrons. The number of sulfonamides is 1. The first-order valence-corrected chi connectivity index (χ1v) is 9.54. The molecule has 1 N–H and O–H groups in total. The van der Waals surface area contributed by atoms with Gasteiger partial charge in [-0.05, 0) is 12.8 Å². The first-order chi connectivity index (χ1) is 10.9. The van der Waals surface area contributed by atoms with Gasteiger partial charge in [0.2, 0.25) is 15.9 Å². The Morgan fingerprint density at radius 1 is 1.22 bits per heavy atom. The summed E-state index contributed by atoms with van der Waals surface area (Å²) in [5.41, 5.74) is 0.598. The van der Waals surface area contributed by atoms with Crippen molar-refractivity contribution in [3.63, 3.8) is 0 Å². The summed E-state index contributed by atoms with van der Waals surface area (Å²) >= 11 is 0. The fourth-order valence-corrected chi connectivity index (χ4v) is 3.57. The molecule has 0 saturated carbocycles. The Bertz CT molecular complexity index is 658. The minimum Gasteiger partial charge on any atom is -0.352 e. The minimum atomic E-state index is -3.23. The second kappa shape index (κ2) is 7.70. The Hall–Kier alpha value is -1.73. The van der Waals surface area contributed by atoms with Crippen molar-refractivity contribution in [2.45, 2.75) is 31.7 Å². The Kier molecular flexibility index (Phi) is 5.90. The maximum absolute atomic E-state index is 12.0. The van der Waals surface area contributed by atoms with Gasteiger partial charge in [-0.1, -0.05) is 30.3 Å². The molecule has 1 atom stereocenters. The standard InChI is InChI=1S/C16H22N2O4S/c1-23(21,22)18-11-5-8-14(12-18)17-16(20)10-9-15(19)13-6-3-2-4-7-13/h2-4,6-7,14H,5,8-12H2,1H3,(H,17,20). The molecule has 1 heterocycles. The van der Waals surface area contributed by atoms with E-state index in [0.717, 1.165) is 12.8 Å². The van der Waals surface area contributed by atoms with Crippen LogP contribution in [0.3, 0.4) is 0 Å². The van der Waals surface area contributed by atoms with Gasteiger partial charge in [0.25, 0.3) is 0 Å². The Labute approximate surface area is 136 Å². The Balaban J connectivity index is 1.80. The Morgan fingerprint density at radius 3 is 2.57 bits per heavy atom. The second-order valence-corrected chi connectivity index (χ2v) is 7.80. The lowest BCUT2D eigenvalue weighted by molar-refractivity contribution is -0.122. The molecule has 1 aliphatic heterocycles. The average molecular weight is 338 g/mol. The van der Waals surface area contributed by atoms with E-state index in [0.29, 0.717) is 18.7 Å². The number of benzene rings is 1. The van der Waals surface area contributed by atoms with E-state index in [1.165, 1.54) is 10.6 Å². The van der Waals surface area contributed by atoms with E-state index in [1.54, 1.807) is 24.3 Å². The summed E-state index contributed by atoms with van der Waals surface area (Å²) in [5.74, 6) is -0.281. The van der Waals surface area contributed by atoms with E-state index in [-0.39, 0.29) is 30.6 Å². The van der Waals surface area contributed by atoms with Crippen molar-refractivity contribution in [2.24, 2.45) is 0 Å². The van der Waals surface area contributed by atoms with Crippen molar-refractivity contribution >= 4 is 21.7 Å². The molecule has 23 heavy (non-hydrogen) atoms. The van der Waals surface area contributed by atoms with Gasteiger partial charge in [-0.2, -0.15) is 0 Å². The highest BCUT2D eigenvalue weighted by Crippen LogP contribution is 2.13. The van der Waals surface area contributed by atoms with Gasteiger partial charge in [0.05, 0.1) is 6.26 Å². The number of nitrogens with one attached hydrogen (secondary N) is 1. The van der Waals surface area contributed by atoms with E-state index in [4.69, 9.17) is 0 Å². The number of nitrogens with zero attached hydrogens (tertiary/aromatic N) is 1. The highest BCUT2D eigenvalue weighted by molar-refractivity contribution is 7.88. The predicted octanol–water partition coefficient (Wildman–Crippen LogP) is 1.19. The third-order valence-electron chi connectivity index (χ3n) is 3.89. The van der Waals surface area contributed by atoms with Crippen molar-refractivity contribution < 1.29 is 18.0 Å². The van der Waals surface area contributed by atoms with Crippen molar-refractivity contribution in [1.29, 1.82) is 0 Å². The molecule has 1 fully saturated rings. The van der Waals surface area contributed by atoms with Gasteiger partial charge in [0.1, 0.15) is 0 Å². The molecular weight excluding hydrogens is 316 g/mol. The number of carbonyl (C=O) groups is 2. The molecule has 126 valence electrons. The van der Waals surface area contributed by atoms with Gasteiger partial charge >= 0.3 is 0 Å². The maximum atomic E-state index is 12.0. The summed E-state index contributed by atoms with van der Waals surface area (Å²) in [6, 6.07) is 8.68. The molecule has 6 nitrogen and oxygen atoms in total. The Morgan fingerprint density at radius 2 is 1.91 bits per heavy atom. The number of rotatable bonds is 6. The number of carbonyl (C=O) groups excluding carboxylic acids is 2. The maximum Gasteiger partial charge on any atom is 0.220 e. The van der Waals surface area contributed by atoms with Crippen molar-refractivity contribution in [1.82, 2.24) is 9.62 Å². The van der Waals surface area contributed by atoms with Crippen LogP contribution in [0.25, 0.3) is 0 Å². The molecule has 7 heteroatoms. The van der Waals surface area contributed by atoms with E-state index >= 15 is 0 Å². The summed E-state index contributed by atoms with van der Waals surface area (Å²) in [6.07, 6.45) is 2.92. The van der Waals surface area contributed by atoms with Crippen LogP contribution >= 0.6 is 0 Å². The molecular formula is C16H22N2O4S. The molecule has 0 spiro atoms. The summed E-state index contributed by atoms with van der Waals surface area (Å²) < 4.78 is 24.5. The lowest BCUT2D eigenvalue weighted by atomic mass is 10.1. The van der Waals surface area contributed by atoms with Gasteiger partial charge in [0, 0.05) is 37.5 Å². The number of Topliss-reactive ketones (excluding diaryl/α,β-unsaturated/α-hetero) is 1. The van der Waals surface area contributed by atoms with Gasteiger partial charge in [0.15, 0.2) is 5.78 Å². The molecule has 1 aromatic carbocycles. The molecule has 1 aliphatic rings. The number of piperidine rings is 1. The minimum absolute atomic E-state index is 0.0674. The molecule has 1 aromatic rings. The van der Waals surface area contributed by atoms with Crippen LogP contribution in [0.5, 0.6) is 0 Å². The van der Waals surface area contributed by atoms with Crippen LogP contribution in [0, 0.1) is 0 Å². The summed E-state index contributed by atoms with van der Waals surface area (Å²) in [6.45, 7) is 0.800. The number of amides is 1. The van der Waals surface area contributed by atoms with Crippen molar-refractivity contribution in [2.75, 3.05) is 19.3 Å². The lowest BCUT2D eigenvalue weighted by Crippen LogP contribution is -2.49. The van der Waals surface area contributed by atoms with Gasteiger partial charge in [-0.25, -0.2) is 12.7 Å². The van der Waals surface area contributed by atoms with Gasteiger partial charge in [-0.15, -0.1) is 0 Å². The van der Waals surface area contributed by atoms with Crippen molar-refractivity contribution in [3.05, 3.63) is 35.9 Å². The first-order valence-electron chi connectivity index (χ1n) is 7.69. The smallest absolute Gasteiger partial charge is 0.220 e. The van der Waals surface area contributed by atoms with Gasteiger partial charge in [-0.3, -0.25) is 9.59 Å². The van der Waals surface area contributed by atoms with Crippen LogP contribution < -0.4 is 5.32 Å². The molecule has 1 saturated heterocycles. The third-order valence-corrected chi connectivity index (χ3v) is 5.16. The second-order valence-electron chi connectivity index (χ2n) is 5.82. The molecule has 1 amide bonds. The summed E-state index contributed by atoms with van der Waals surface area (Å²) in [4.78, 5) is 23.9. The predicted molar refractivity (Wildman–Crippen MR) is 87.6 cm³/mol. The molecule has 0 bridgehead atoms. The summed E-state index contributed by atoms with van der Waals surface area (Å²) in [5, 5.41) is 2.83. The average Bonchev–Trinajstić information content (AvgIpc) is 2.53. The zero-order chi connectivity index (χ0) is 16.9. The number of hydrogen-bond acceptors (Lipinski definition) is 4. The zero-order valence-electron chi connectivity index (χ0n) is 13.2. The van der Waals surface area contributed by atoms with E-state index in [9.17, 15) is 18.0 Å². The van der Waals surface area contributed by atoms with Crippen LogP contribution in [-0.2, 0) is 14.8 Å². The first kappa shape index (κ1) is 17.6. The third kappa shape index (κ3) is 5.44. The van der Waals surface area contributed by atoms with Crippen molar-refractivity contribution in [3.8, 4) is 0 Å². The highest BCUT2D eigenvalue weighted by Gasteiger charge is 2.26. The molecule has 0 aromatic heterocycles. The molecule has 0 aliphatic carbocycles. The number of ketones is 1. The topological polar surface area (TPSA) is 83.6 Å². The zero-order valence-corrected chi connectivity index (χ0v) is 14.0. The molecule has 2 rings (SSSR count). The lowest BCUT2D eigenvalue weighted by Gasteiger charge is -2.31. The monoisotopic (exact) mass is 338 g/mol. The van der Waals surface area contributed by atoms with E-state index in [1.807, 2.05) is 6.07 Å². The van der Waals surface area contributed by atoms with Gasteiger partial charge < -0.3 is 5.32 Å². The molecule has 1 unspecified atom stereocenters. The largest absolute Gasteiger partial charge is 0.352 e. The fourth-order valence-electron chi connectivity index (χ4n) is 2.66. The van der Waals surface area contributed by atoms with Crippen LogP contribution in [0.15, 0.2) is 30.3 Å². The normalized spacial score (nSPS) is 19.3. The quantitative estimate of drug-likeness (QED) is 0.790. The fraction of sp³-hybridized carbons (Fsp3) is 0.500. The highest BCUT2D eigenvalue weighted by atomic mass is 32.2. The van der Waals surface area contributed by atoms with Crippen LogP contribution in [0.1, 0.15) is 36.0 Å². The SMILES string of the molecule is CS(=O)(=O)N1CCCC(NC(=O)CCC(=O)c2ccccc2)C1. The summed E-state index contributed by atoms with van der Waals surface area (Å²) in [7, 11) is -3.23. The van der Waals surface area contributed by atoms with Crippen LogP contribution in [0.2, 0.25) is 0 Å². The van der Waals surface area contributed by atoms with E-state index in [2.05, 4.69) is 5.32 Å². The number of hydrogen-bond donors (Lipinski definition) is 1.